The van der Waals surface area contributed by atoms with Gasteiger partial charge in [0.1, 0.15) is 0 Å². The van der Waals surface area contributed by atoms with Crippen molar-refractivity contribution in [3.63, 3.8) is 0 Å². The minimum Gasteiger partial charge on any atom is -0.678 e. The van der Waals surface area contributed by atoms with Crippen molar-refractivity contribution in [3.8, 4) is 0 Å². The molecule has 0 spiro atoms. The summed E-state index contributed by atoms with van der Waals surface area (Å²) < 4.78 is 0. The summed E-state index contributed by atoms with van der Waals surface area (Å²) in [4.78, 5) is 0. The van der Waals surface area contributed by atoms with Crippen molar-refractivity contribution in [2.45, 2.75) is 113 Å². The van der Waals surface area contributed by atoms with E-state index in [4.69, 9.17) is 10.6 Å². The van der Waals surface area contributed by atoms with Crippen LogP contribution in [-0.4, -0.2) is 43.9 Å². The molecular weight excluding hydrogens is 379 g/mol. The Labute approximate surface area is 182 Å². The van der Waals surface area contributed by atoms with Crippen LogP contribution in [-0.2, 0) is 16.8 Å². The fraction of sp³-hybridized carbons (Fsp3) is 1.00. The van der Waals surface area contributed by atoms with Crippen LogP contribution in [0.25, 0.3) is 21.3 Å². The molecule has 169 valence electrons. The molecule has 0 saturated heterocycles. The van der Waals surface area contributed by atoms with Crippen molar-refractivity contribution in [2.24, 2.45) is 11.8 Å². The van der Waals surface area contributed by atoms with Crippen LogP contribution in [0.3, 0.4) is 0 Å². The Morgan fingerprint density at radius 1 is 0.556 bits per heavy atom. The largest absolute Gasteiger partial charge is 0.678 e. The molecule has 0 amide bonds. The first-order valence-electron chi connectivity index (χ1n) is 10.8. The van der Waals surface area contributed by atoms with Crippen LogP contribution in [0.5, 0.6) is 0 Å². The van der Waals surface area contributed by atoms with Gasteiger partial charge >= 0.3 is 0 Å². The third-order valence-corrected chi connectivity index (χ3v) is 3.84. The van der Waals surface area contributed by atoms with Gasteiger partial charge in [0.2, 0.25) is 0 Å². The van der Waals surface area contributed by atoms with Gasteiger partial charge in [-0.1, -0.05) is 100 Å². The average molecular weight is 428 g/mol. The van der Waals surface area contributed by atoms with Crippen LogP contribution < -0.4 is 0 Å². The molecule has 0 heterocycles. The van der Waals surface area contributed by atoms with Crippen molar-refractivity contribution in [2.75, 3.05) is 19.8 Å². The Bertz CT molecular complexity index is 257. The molecule has 27 heavy (non-hydrogen) atoms. The molecular formula is C22H48CoN4-4. The van der Waals surface area contributed by atoms with Gasteiger partial charge in [-0.25, -0.2) is 0 Å². The van der Waals surface area contributed by atoms with E-state index in [2.05, 4.69) is 79.9 Å². The molecule has 0 saturated carbocycles. The molecule has 0 rings (SSSR count). The van der Waals surface area contributed by atoms with E-state index < -0.39 is 0 Å². The molecule has 0 aliphatic carbocycles. The Morgan fingerprint density at radius 2 is 0.889 bits per heavy atom. The van der Waals surface area contributed by atoms with Gasteiger partial charge in [0.15, 0.2) is 0 Å². The molecule has 2 unspecified atom stereocenters. The van der Waals surface area contributed by atoms with E-state index in [1.807, 2.05) is 0 Å². The van der Waals surface area contributed by atoms with E-state index >= 15 is 0 Å². The molecule has 0 N–H and O–H groups in total. The molecule has 0 fully saturated rings. The molecule has 0 aliphatic heterocycles. The zero-order valence-corrected chi connectivity index (χ0v) is 20.9. The second kappa shape index (κ2) is 21.1. The number of nitrogens with zero attached hydrogens (tertiary/aromatic N) is 4. The van der Waals surface area contributed by atoms with Crippen LogP contribution in [0.4, 0.5) is 0 Å². The zero-order valence-electron chi connectivity index (χ0n) is 19.8. The Kier molecular flexibility index (Phi) is 25.0. The predicted molar refractivity (Wildman–Crippen MR) is 121 cm³/mol. The van der Waals surface area contributed by atoms with E-state index in [1.165, 1.54) is 0 Å². The van der Waals surface area contributed by atoms with Crippen LogP contribution >= 0.6 is 0 Å². The van der Waals surface area contributed by atoms with Gasteiger partial charge in [0.05, 0.1) is 0 Å². The maximum atomic E-state index is 4.80. The minimum atomic E-state index is 0. The molecule has 0 bridgehead atoms. The summed E-state index contributed by atoms with van der Waals surface area (Å²) in [7, 11) is 0. The summed E-state index contributed by atoms with van der Waals surface area (Å²) >= 11 is 0. The van der Waals surface area contributed by atoms with Gasteiger partial charge in [-0.05, 0) is 0 Å². The summed E-state index contributed by atoms with van der Waals surface area (Å²) in [5.74, 6) is 1.36. The van der Waals surface area contributed by atoms with Gasteiger partial charge in [-0.2, -0.15) is 0 Å². The van der Waals surface area contributed by atoms with Crippen molar-refractivity contribution in [1.29, 1.82) is 0 Å². The van der Waals surface area contributed by atoms with E-state index in [9.17, 15) is 0 Å². The molecule has 0 aromatic heterocycles. The van der Waals surface area contributed by atoms with Gasteiger partial charge < -0.3 is 21.3 Å². The van der Waals surface area contributed by atoms with Gasteiger partial charge in [0, 0.05) is 16.8 Å². The second-order valence-electron chi connectivity index (χ2n) is 8.57. The molecule has 5 heteroatoms. The molecule has 2 atom stereocenters. The van der Waals surface area contributed by atoms with Crippen LogP contribution in [0.2, 0.25) is 0 Å². The minimum absolute atomic E-state index is 0. The summed E-state index contributed by atoms with van der Waals surface area (Å²) in [6, 6.07) is 1.87. The first-order chi connectivity index (χ1) is 12.1. The predicted octanol–water partition coefficient (Wildman–Crippen LogP) is 7.50. The van der Waals surface area contributed by atoms with Gasteiger partial charge in [-0.3, -0.25) is 6.67 Å². The second-order valence-corrected chi connectivity index (χ2v) is 8.57. The van der Waals surface area contributed by atoms with Crippen LogP contribution in [0.1, 0.15) is 88.5 Å². The monoisotopic (exact) mass is 427 g/mol. The standard InChI is InChI=1S/C15H32N2.C7H16N2.Co/c1-7-14(16-10-12(3)4)9-15(8-2)17-11-13(5)6;1-6(2)8-5-9-7(3)4;/h12-15H,7-11H2,1-6H3;6-7H,5H2,1-4H3;/q2*-2;. The van der Waals surface area contributed by atoms with Crippen molar-refractivity contribution in [1.82, 2.24) is 0 Å². The first-order valence-corrected chi connectivity index (χ1v) is 10.8. The van der Waals surface area contributed by atoms with E-state index in [0.29, 0.717) is 42.7 Å². The van der Waals surface area contributed by atoms with Gasteiger partial charge in [-0.15, -0.1) is 37.3 Å². The zero-order chi connectivity index (χ0) is 20.5. The first kappa shape index (κ1) is 32.0. The quantitative estimate of drug-likeness (QED) is 0.276. The molecule has 0 aliphatic rings. The smallest absolute Gasteiger partial charge is 0 e. The average Bonchev–Trinajstić information content (AvgIpc) is 2.53. The fourth-order valence-electron chi connectivity index (χ4n) is 2.15. The van der Waals surface area contributed by atoms with Gasteiger partial charge in [0.25, 0.3) is 0 Å². The van der Waals surface area contributed by atoms with E-state index in [-0.39, 0.29) is 16.8 Å². The molecule has 0 aromatic carbocycles. The maximum Gasteiger partial charge on any atom is 0 e. The van der Waals surface area contributed by atoms with E-state index in [0.717, 1.165) is 32.4 Å². The Balaban J connectivity index is -0.000000491. The van der Waals surface area contributed by atoms with Crippen LogP contribution in [0.15, 0.2) is 0 Å². The topological polar surface area (TPSA) is 56.4 Å². The van der Waals surface area contributed by atoms with Crippen molar-refractivity contribution >= 4 is 0 Å². The number of hydrogen-bond acceptors (Lipinski definition) is 0. The fourth-order valence-corrected chi connectivity index (χ4v) is 2.15. The summed E-state index contributed by atoms with van der Waals surface area (Å²) in [6.45, 7) is 24.3. The summed E-state index contributed by atoms with van der Waals surface area (Å²) in [5, 5.41) is 18.0. The molecule has 4 nitrogen and oxygen atoms in total. The molecule has 0 aromatic rings. The Hall–Kier alpha value is 0.346. The number of rotatable bonds is 14. The van der Waals surface area contributed by atoms with Crippen LogP contribution in [0, 0.1) is 11.8 Å². The maximum absolute atomic E-state index is 4.80. The van der Waals surface area contributed by atoms with E-state index in [1.54, 1.807) is 0 Å². The van der Waals surface area contributed by atoms with Crippen molar-refractivity contribution in [3.05, 3.63) is 21.3 Å². The summed E-state index contributed by atoms with van der Waals surface area (Å²) in [5.41, 5.74) is 0. The Morgan fingerprint density at radius 3 is 1.11 bits per heavy atom. The summed E-state index contributed by atoms with van der Waals surface area (Å²) in [6.07, 6.45) is 3.45. The molecule has 1 radical (unpaired) electrons. The normalized spacial score (nSPS) is 13.6. The van der Waals surface area contributed by atoms with Crippen molar-refractivity contribution < 1.29 is 16.8 Å². The third-order valence-electron chi connectivity index (χ3n) is 3.84. The SMILES string of the molecule is CC(C)[N-]C[N-]C(C)C.CCC(CC(CC)[N-]CC(C)C)[N-]CC(C)C.[Co]. The third kappa shape index (κ3) is 26.3. The number of hydrogen-bond donors (Lipinski definition) is 0.